The van der Waals surface area contributed by atoms with Gasteiger partial charge in [-0.2, -0.15) is 0 Å². The van der Waals surface area contributed by atoms with E-state index in [2.05, 4.69) is 0 Å². The van der Waals surface area contributed by atoms with Crippen LogP contribution in [0.2, 0.25) is 0 Å². The molecular weight excluding hydrogens is 182 g/mol. The molecule has 14 heavy (non-hydrogen) atoms. The minimum Gasteiger partial charge on any atom is -0.481 e. The number of nitrogens with zero attached hydrogens (tertiary/aromatic N) is 1. The number of carboxylic acid groups (broad SMARTS) is 1. The molecule has 0 radical (unpaired) electrons. The summed E-state index contributed by atoms with van der Waals surface area (Å²) in [7, 11) is 1.60. The molecule has 0 saturated carbocycles. The maximum absolute atomic E-state index is 11.6. The molecule has 0 fully saturated rings. The van der Waals surface area contributed by atoms with Crippen LogP contribution in [0.3, 0.4) is 0 Å². The van der Waals surface area contributed by atoms with Gasteiger partial charge in [-0.15, -0.1) is 0 Å². The third-order valence-electron chi connectivity index (χ3n) is 2.33. The Balaban J connectivity index is 3.41. The Morgan fingerprint density at radius 1 is 1.50 bits per heavy atom. The topological polar surface area (TPSA) is 59.3 Å². The molecule has 0 aliphatic rings. The highest BCUT2D eigenvalue weighted by Crippen LogP contribution is 2.19. The molecule has 0 atom stereocenters. The zero-order chi connectivity index (χ0) is 10.9. The van der Waals surface area contributed by atoms with Crippen LogP contribution in [-0.2, 0) is 17.3 Å². The molecule has 0 aliphatic carbocycles. The molecule has 0 spiro atoms. The van der Waals surface area contributed by atoms with Crippen molar-refractivity contribution in [3.05, 3.63) is 34.2 Å². The second-order valence-electron chi connectivity index (χ2n) is 3.77. The van der Waals surface area contributed by atoms with Gasteiger partial charge >= 0.3 is 5.97 Å². The third-order valence-corrected chi connectivity index (χ3v) is 2.33. The Morgan fingerprint density at radius 3 is 2.57 bits per heavy atom. The van der Waals surface area contributed by atoms with E-state index < -0.39 is 11.4 Å². The van der Waals surface area contributed by atoms with Gasteiger partial charge in [0.15, 0.2) is 0 Å². The number of rotatable bonds is 2. The Morgan fingerprint density at radius 2 is 2.07 bits per heavy atom. The molecule has 4 heteroatoms. The lowest BCUT2D eigenvalue weighted by molar-refractivity contribution is -0.142. The van der Waals surface area contributed by atoms with Crippen molar-refractivity contribution in [1.82, 2.24) is 4.57 Å². The second-order valence-corrected chi connectivity index (χ2v) is 3.77. The molecule has 76 valence electrons. The van der Waals surface area contributed by atoms with Crippen molar-refractivity contribution >= 4 is 5.97 Å². The molecule has 0 aliphatic heterocycles. The number of carboxylic acids is 1. The Labute approximate surface area is 81.8 Å². The zero-order valence-corrected chi connectivity index (χ0v) is 8.44. The lowest BCUT2D eigenvalue weighted by Crippen LogP contribution is -2.36. The number of aryl methyl sites for hydroxylation is 1. The molecule has 0 bridgehead atoms. The molecule has 0 unspecified atom stereocenters. The summed E-state index contributed by atoms with van der Waals surface area (Å²) in [5.74, 6) is -0.999. The largest absolute Gasteiger partial charge is 0.481 e. The Hall–Kier alpha value is -1.58. The normalized spacial score (nSPS) is 11.4. The summed E-state index contributed by atoms with van der Waals surface area (Å²) < 4.78 is 1.38. The van der Waals surface area contributed by atoms with Crippen LogP contribution < -0.4 is 5.56 Å². The van der Waals surface area contributed by atoms with Gasteiger partial charge < -0.3 is 9.67 Å². The predicted molar refractivity (Wildman–Crippen MR) is 52.3 cm³/mol. The average Bonchev–Trinajstić information content (AvgIpc) is 2.09. The van der Waals surface area contributed by atoms with E-state index in [0.717, 1.165) is 0 Å². The summed E-state index contributed by atoms with van der Waals surface area (Å²) in [6.45, 7) is 3.04. The van der Waals surface area contributed by atoms with E-state index in [0.29, 0.717) is 5.56 Å². The van der Waals surface area contributed by atoms with Crippen molar-refractivity contribution in [2.45, 2.75) is 19.3 Å². The SMILES string of the molecule is Cn1cccc(C(C)(C)C(=O)O)c1=O. The van der Waals surface area contributed by atoms with E-state index in [1.54, 1.807) is 25.4 Å². The van der Waals surface area contributed by atoms with Crippen molar-refractivity contribution in [3.8, 4) is 0 Å². The minimum absolute atomic E-state index is 0.264. The summed E-state index contributed by atoms with van der Waals surface area (Å²) >= 11 is 0. The fourth-order valence-electron chi connectivity index (χ4n) is 1.19. The molecule has 1 N–H and O–H groups in total. The van der Waals surface area contributed by atoms with E-state index in [1.807, 2.05) is 0 Å². The van der Waals surface area contributed by atoms with Gasteiger partial charge in [-0.05, 0) is 19.9 Å². The maximum atomic E-state index is 11.6. The van der Waals surface area contributed by atoms with Gasteiger partial charge in [-0.3, -0.25) is 9.59 Å². The standard InChI is InChI=1S/C10H13NO3/c1-10(2,9(13)14)7-5-4-6-11(3)8(7)12/h4-6H,1-3H3,(H,13,14). The van der Waals surface area contributed by atoms with Crippen molar-refractivity contribution in [1.29, 1.82) is 0 Å². The molecule has 0 aromatic carbocycles. The van der Waals surface area contributed by atoms with Crippen LogP contribution >= 0.6 is 0 Å². The number of aliphatic carboxylic acids is 1. The van der Waals surface area contributed by atoms with Gasteiger partial charge in [-0.1, -0.05) is 6.07 Å². The van der Waals surface area contributed by atoms with Crippen molar-refractivity contribution in [3.63, 3.8) is 0 Å². The number of hydrogen-bond donors (Lipinski definition) is 1. The quantitative estimate of drug-likeness (QED) is 0.757. The minimum atomic E-state index is -1.14. The van der Waals surface area contributed by atoms with E-state index in [-0.39, 0.29) is 5.56 Å². The van der Waals surface area contributed by atoms with E-state index in [9.17, 15) is 9.59 Å². The van der Waals surface area contributed by atoms with Crippen molar-refractivity contribution in [2.75, 3.05) is 0 Å². The highest BCUT2D eigenvalue weighted by Gasteiger charge is 2.32. The van der Waals surface area contributed by atoms with Gasteiger partial charge in [0, 0.05) is 18.8 Å². The Kier molecular flexibility index (Phi) is 2.47. The third kappa shape index (κ3) is 1.55. The van der Waals surface area contributed by atoms with E-state index in [4.69, 9.17) is 5.11 Å². The van der Waals surface area contributed by atoms with E-state index in [1.165, 1.54) is 18.4 Å². The average molecular weight is 195 g/mol. The lowest BCUT2D eigenvalue weighted by atomic mass is 9.86. The maximum Gasteiger partial charge on any atom is 0.313 e. The first-order valence-electron chi connectivity index (χ1n) is 4.27. The molecular formula is C10H13NO3. The van der Waals surface area contributed by atoms with Gasteiger partial charge in [0.05, 0.1) is 5.41 Å². The number of carbonyl (C=O) groups is 1. The monoisotopic (exact) mass is 195 g/mol. The van der Waals surface area contributed by atoms with Gasteiger partial charge in [0.1, 0.15) is 0 Å². The van der Waals surface area contributed by atoms with Crippen LogP contribution in [0, 0.1) is 0 Å². The number of aromatic nitrogens is 1. The van der Waals surface area contributed by atoms with Crippen LogP contribution in [0.25, 0.3) is 0 Å². The van der Waals surface area contributed by atoms with Crippen LogP contribution in [0.15, 0.2) is 23.1 Å². The number of pyridine rings is 1. The van der Waals surface area contributed by atoms with Crippen molar-refractivity contribution < 1.29 is 9.90 Å². The van der Waals surface area contributed by atoms with Crippen molar-refractivity contribution in [2.24, 2.45) is 7.05 Å². The fourth-order valence-corrected chi connectivity index (χ4v) is 1.19. The molecule has 1 rings (SSSR count). The second kappa shape index (κ2) is 3.29. The van der Waals surface area contributed by atoms with Crippen LogP contribution in [0.5, 0.6) is 0 Å². The predicted octanol–water partition coefficient (Wildman–Crippen LogP) is 0.748. The summed E-state index contributed by atoms with van der Waals surface area (Å²) in [5, 5.41) is 8.96. The molecule has 1 heterocycles. The zero-order valence-electron chi connectivity index (χ0n) is 8.44. The lowest BCUT2D eigenvalue weighted by Gasteiger charge is -2.18. The molecule has 1 aromatic heterocycles. The molecule has 4 nitrogen and oxygen atoms in total. The highest BCUT2D eigenvalue weighted by atomic mass is 16.4. The Bertz CT molecular complexity index is 418. The first-order valence-corrected chi connectivity index (χ1v) is 4.27. The van der Waals surface area contributed by atoms with Gasteiger partial charge in [0.25, 0.3) is 5.56 Å². The van der Waals surface area contributed by atoms with Gasteiger partial charge in [0.2, 0.25) is 0 Å². The molecule has 0 amide bonds. The van der Waals surface area contributed by atoms with Crippen LogP contribution in [0.1, 0.15) is 19.4 Å². The summed E-state index contributed by atoms with van der Waals surface area (Å²) in [6.07, 6.45) is 1.60. The fraction of sp³-hybridized carbons (Fsp3) is 0.400. The highest BCUT2D eigenvalue weighted by molar-refractivity contribution is 5.80. The van der Waals surface area contributed by atoms with Gasteiger partial charge in [-0.25, -0.2) is 0 Å². The van der Waals surface area contributed by atoms with Crippen LogP contribution in [-0.4, -0.2) is 15.6 Å². The molecule has 0 saturated heterocycles. The molecule has 1 aromatic rings. The summed E-state index contributed by atoms with van der Waals surface area (Å²) in [4.78, 5) is 22.6. The smallest absolute Gasteiger partial charge is 0.313 e. The summed E-state index contributed by atoms with van der Waals surface area (Å²) in [5.41, 5.74) is -1.11. The van der Waals surface area contributed by atoms with Crippen LogP contribution in [0.4, 0.5) is 0 Å². The first kappa shape index (κ1) is 10.5. The van der Waals surface area contributed by atoms with E-state index >= 15 is 0 Å². The first-order chi connectivity index (χ1) is 6.37. The number of hydrogen-bond acceptors (Lipinski definition) is 2. The summed E-state index contributed by atoms with van der Waals surface area (Å²) in [6, 6.07) is 3.22.